The van der Waals surface area contributed by atoms with Crippen LogP contribution in [0, 0.1) is 22.0 Å². The molecule has 1 aliphatic carbocycles. The van der Waals surface area contributed by atoms with E-state index in [1.165, 1.54) is 19.4 Å². The Morgan fingerprint density at radius 1 is 1.24 bits per heavy atom. The van der Waals surface area contributed by atoms with Crippen molar-refractivity contribution < 1.29 is 4.92 Å². The summed E-state index contributed by atoms with van der Waals surface area (Å²) in [6, 6.07) is 7.29. The fourth-order valence-corrected chi connectivity index (χ4v) is 3.65. The number of nitro groups is 1. The molecule has 116 valence electrons. The highest BCUT2D eigenvalue weighted by Gasteiger charge is 2.40. The molecular weight excluding hydrogens is 290 g/mol. The molecule has 3 atom stereocenters. The van der Waals surface area contributed by atoms with Crippen LogP contribution in [-0.4, -0.2) is 35.5 Å². The zero-order valence-corrected chi connectivity index (χ0v) is 12.8. The zero-order valence-electron chi connectivity index (χ0n) is 12.0. The number of likely N-dealkylation sites (tertiary alicyclic amines) is 1. The summed E-state index contributed by atoms with van der Waals surface area (Å²) in [5.41, 5.74) is 7.47. The molecule has 2 N–H and O–H groups in total. The average molecular weight is 312 g/mol. The van der Waals surface area contributed by atoms with Crippen LogP contribution in [0.5, 0.6) is 0 Å². The van der Waals surface area contributed by atoms with Gasteiger partial charge in [0.25, 0.3) is 5.69 Å². The van der Waals surface area contributed by atoms with Crippen LogP contribution in [0.25, 0.3) is 0 Å². The van der Waals surface area contributed by atoms with E-state index in [-0.39, 0.29) is 23.0 Å². The van der Waals surface area contributed by atoms with E-state index >= 15 is 0 Å². The maximum atomic E-state index is 10.6. The smallest absolute Gasteiger partial charge is 0.269 e. The predicted molar refractivity (Wildman–Crippen MR) is 84.7 cm³/mol. The summed E-state index contributed by atoms with van der Waals surface area (Å²) in [4.78, 5) is 12.7. The van der Waals surface area contributed by atoms with Gasteiger partial charge in [-0.15, -0.1) is 12.4 Å². The number of nitro benzene ring substituents is 1. The van der Waals surface area contributed by atoms with E-state index in [4.69, 9.17) is 5.73 Å². The van der Waals surface area contributed by atoms with Gasteiger partial charge in [0.05, 0.1) is 4.92 Å². The third-order valence-electron chi connectivity index (χ3n) is 4.85. The fourth-order valence-electron chi connectivity index (χ4n) is 3.65. The molecule has 3 unspecified atom stereocenters. The van der Waals surface area contributed by atoms with Gasteiger partial charge in [-0.3, -0.25) is 10.1 Å². The molecule has 6 heteroatoms. The van der Waals surface area contributed by atoms with Crippen molar-refractivity contribution >= 4 is 18.1 Å². The van der Waals surface area contributed by atoms with Crippen LogP contribution in [0.2, 0.25) is 0 Å². The summed E-state index contributed by atoms with van der Waals surface area (Å²) in [5, 5.41) is 10.6. The molecule has 2 fully saturated rings. The highest BCUT2D eigenvalue weighted by atomic mass is 35.5. The van der Waals surface area contributed by atoms with Crippen molar-refractivity contribution in [1.82, 2.24) is 4.90 Å². The minimum atomic E-state index is -0.354. The molecule has 5 nitrogen and oxygen atoms in total. The summed E-state index contributed by atoms with van der Waals surface area (Å²) in [6.45, 7) is 3.32. The normalized spacial score (nSPS) is 28.1. The lowest BCUT2D eigenvalue weighted by molar-refractivity contribution is -0.384. The number of nitrogens with two attached hydrogens (primary N) is 1. The lowest BCUT2D eigenvalue weighted by atomic mass is 9.98. The molecule has 1 aromatic carbocycles. The third kappa shape index (κ3) is 3.54. The second-order valence-electron chi connectivity index (χ2n) is 6.10. The van der Waals surface area contributed by atoms with Gasteiger partial charge in [-0.2, -0.15) is 0 Å². The monoisotopic (exact) mass is 311 g/mol. The number of rotatable bonds is 4. The highest BCUT2D eigenvalue weighted by molar-refractivity contribution is 5.85. The average Bonchev–Trinajstić information content (AvgIpc) is 2.99. The zero-order chi connectivity index (χ0) is 14.1. The maximum Gasteiger partial charge on any atom is 0.269 e. The van der Waals surface area contributed by atoms with Gasteiger partial charge in [0.15, 0.2) is 0 Å². The first kappa shape index (κ1) is 16.2. The van der Waals surface area contributed by atoms with Crippen molar-refractivity contribution in [1.29, 1.82) is 0 Å². The van der Waals surface area contributed by atoms with Crippen LogP contribution in [0.3, 0.4) is 0 Å². The summed E-state index contributed by atoms with van der Waals surface area (Å²) < 4.78 is 0. The molecule has 0 amide bonds. The van der Waals surface area contributed by atoms with Crippen LogP contribution < -0.4 is 5.73 Å². The summed E-state index contributed by atoms with van der Waals surface area (Å²) in [7, 11) is 0. The van der Waals surface area contributed by atoms with E-state index in [0.29, 0.717) is 12.0 Å². The Labute approximate surface area is 131 Å². The van der Waals surface area contributed by atoms with Crippen LogP contribution in [-0.2, 0) is 6.42 Å². The molecule has 1 heterocycles. The second kappa shape index (κ2) is 6.73. The Balaban J connectivity index is 0.00000161. The van der Waals surface area contributed by atoms with E-state index in [9.17, 15) is 10.1 Å². The molecule has 21 heavy (non-hydrogen) atoms. The van der Waals surface area contributed by atoms with Crippen molar-refractivity contribution in [2.24, 2.45) is 17.6 Å². The van der Waals surface area contributed by atoms with Crippen LogP contribution in [0.15, 0.2) is 24.3 Å². The highest BCUT2D eigenvalue weighted by Crippen LogP contribution is 2.37. The van der Waals surface area contributed by atoms with E-state index in [1.54, 1.807) is 12.1 Å². The molecule has 0 radical (unpaired) electrons. The molecule has 3 rings (SSSR count). The molecule has 2 aliphatic rings. The first-order chi connectivity index (χ1) is 9.63. The van der Waals surface area contributed by atoms with Crippen molar-refractivity contribution in [3.05, 3.63) is 39.9 Å². The maximum absolute atomic E-state index is 10.6. The van der Waals surface area contributed by atoms with Gasteiger partial charge in [-0.1, -0.05) is 12.1 Å². The first-order valence-electron chi connectivity index (χ1n) is 7.35. The van der Waals surface area contributed by atoms with Gasteiger partial charge in [-0.05, 0) is 36.7 Å². The Bertz CT molecular complexity index is 494. The fraction of sp³-hybridized carbons (Fsp3) is 0.600. The molecule has 0 spiro atoms. The first-order valence-corrected chi connectivity index (χ1v) is 7.35. The SMILES string of the molecule is Cl.NC1CCC2CN(CCc3ccc([N+](=O)[O-])cc3)CC12. The molecule has 1 saturated heterocycles. The van der Waals surface area contributed by atoms with Crippen molar-refractivity contribution in [2.45, 2.75) is 25.3 Å². The Kier molecular flexibility index (Phi) is 5.19. The number of non-ortho nitro benzene ring substituents is 1. The molecule has 1 aromatic rings. The number of hydrogen-bond donors (Lipinski definition) is 1. The van der Waals surface area contributed by atoms with E-state index in [0.717, 1.165) is 31.0 Å². The van der Waals surface area contributed by atoms with E-state index < -0.39 is 0 Å². The van der Waals surface area contributed by atoms with Crippen LogP contribution in [0.1, 0.15) is 18.4 Å². The van der Waals surface area contributed by atoms with Gasteiger partial charge in [0, 0.05) is 37.8 Å². The summed E-state index contributed by atoms with van der Waals surface area (Å²) in [5.74, 6) is 1.48. The minimum Gasteiger partial charge on any atom is -0.327 e. The van der Waals surface area contributed by atoms with Crippen LogP contribution >= 0.6 is 12.4 Å². The van der Waals surface area contributed by atoms with E-state index in [1.807, 2.05) is 12.1 Å². The quantitative estimate of drug-likeness (QED) is 0.683. The molecule has 1 saturated carbocycles. The number of hydrogen-bond acceptors (Lipinski definition) is 4. The van der Waals surface area contributed by atoms with Crippen molar-refractivity contribution in [3.63, 3.8) is 0 Å². The van der Waals surface area contributed by atoms with Crippen molar-refractivity contribution in [3.8, 4) is 0 Å². The largest absolute Gasteiger partial charge is 0.327 e. The summed E-state index contributed by atoms with van der Waals surface area (Å²) >= 11 is 0. The Hall–Kier alpha value is -1.17. The number of benzene rings is 1. The topological polar surface area (TPSA) is 72.4 Å². The second-order valence-corrected chi connectivity index (χ2v) is 6.10. The third-order valence-corrected chi connectivity index (χ3v) is 4.85. The summed E-state index contributed by atoms with van der Waals surface area (Å²) in [6.07, 6.45) is 3.41. The van der Waals surface area contributed by atoms with Gasteiger partial charge < -0.3 is 10.6 Å². The lowest BCUT2D eigenvalue weighted by Gasteiger charge is -2.18. The standard InChI is InChI=1S/C15H21N3O2.ClH/c16-15-6-3-12-9-17(10-14(12)15)8-7-11-1-4-13(5-2-11)18(19)20;/h1-2,4-5,12,14-15H,3,6-10,16H2;1H. The van der Waals surface area contributed by atoms with Gasteiger partial charge in [-0.25, -0.2) is 0 Å². The molecular formula is C15H22ClN3O2. The minimum absolute atomic E-state index is 0. The number of fused-ring (bicyclic) bond motifs is 1. The van der Waals surface area contributed by atoms with Gasteiger partial charge in [0.1, 0.15) is 0 Å². The number of nitrogens with zero attached hydrogens (tertiary/aromatic N) is 2. The Morgan fingerprint density at radius 3 is 2.57 bits per heavy atom. The molecule has 1 aliphatic heterocycles. The van der Waals surface area contributed by atoms with Crippen molar-refractivity contribution in [2.75, 3.05) is 19.6 Å². The predicted octanol–water partition coefficient (Wildman–Crippen LogP) is 2.23. The molecule has 0 aromatic heterocycles. The van der Waals surface area contributed by atoms with E-state index in [2.05, 4.69) is 4.90 Å². The Morgan fingerprint density at radius 2 is 1.95 bits per heavy atom. The number of halogens is 1. The molecule has 0 bridgehead atoms. The van der Waals surface area contributed by atoms with Crippen LogP contribution in [0.4, 0.5) is 5.69 Å². The van der Waals surface area contributed by atoms with Gasteiger partial charge >= 0.3 is 0 Å². The lowest BCUT2D eigenvalue weighted by Crippen LogP contribution is -2.31. The van der Waals surface area contributed by atoms with Gasteiger partial charge in [0.2, 0.25) is 0 Å².